The van der Waals surface area contributed by atoms with Gasteiger partial charge in [-0.1, -0.05) is 24.3 Å². The molecule has 1 N–H and O–H groups in total. The Morgan fingerprint density at radius 1 is 0.875 bits per heavy atom. The predicted octanol–water partition coefficient (Wildman–Crippen LogP) is 4.14. The quantitative estimate of drug-likeness (QED) is 0.490. The Balaban J connectivity index is 1.12. The van der Waals surface area contributed by atoms with Crippen LogP contribution in [0.1, 0.15) is 69.8 Å². The average Bonchev–Trinajstić information content (AvgIpc) is 3.57. The lowest BCUT2D eigenvalue weighted by Gasteiger charge is -2.53. The number of anilines is 1. The molecule has 1 aromatic heterocycles. The van der Waals surface area contributed by atoms with E-state index in [1.165, 1.54) is 17.7 Å². The summed E-state index contributed by atoms with van der Waals surface area (Å²) in [5.74, 6) is 0.129. The minimum absolute atomic E-state index is 0.0132. The highest BCUT2D eigenvalue weighted by molar-refractivity contribution is 5.95. The van der Waals surface area contributed by atoms with Gasteiger partial charge >= 0.3 is 0 Å². The summed E-state index contributed by atoms with van der Waals surface area (Å²) in [5, 5.41) is 3.10. The Labute approximate surface area is 235 Å². The Morgan fingerprint density at radius 2 is 1.60 bits per heavy atom. The molecule has 8 nitrogen and oxygen atoms in total. The van der Waals surface area contributed by atoms with E-state index in [4.69, 9.17) is 0 Å². The number of aromatic nitrogens is 1. The lowest BCUT2D eigenvalue weighted by molar-refractivity contribution is -0.117. The third-order valence-electron chi connectivity index (χ3n) is 8.82. The van der Waals surface area contributed by atoms with Crippen LogP contribution in [0.3, 0.4) is 0 Å². The van der Waals surface area contributed by atoms with Gasteiger partial charge in [-0.05, 0) is 73.2 Å². The lowest BCUT2D eigenvalue weighted by atomic mass is 9.71. The van der Waals surface area contributed by atoms with Crippen LogP contribution in [0, 0.1) is 0 Å². The van der Waals surface area contributed by atoms with E-state index >= 15 is 0 Å². The number of benzene rings is 2. The molecule has 6 rings (SSSR count). The van der Waals surface area contributed by atoms with Crippen LogP contribution in [0.4, 0.5) is 5.69 Å². The van der Waals surface area contributed by atoms with Crippen molar-refractivity contribution >= 4 is 23.4 Å². The van der Waals surface area contributed by atoms with E-state index in [9.17, 15) is 14.4 Å². The minimum Gasteiger partial charge on any atom is -0.347 e. The molecule has 0 radical (unpaired) electrons. The summed E-state index contributed by atoms with van der Waals surface area (Å²) in [7, 11) is 3.54. The van der Waals surface area contributed by atoms with Crippen molar-refractivity contribution in [2.75, 3.05) is 32.1 Å². The van der Waals surface area contributed by atoms with Gasteiger partial charge in [0.15, 0.2) is 0 Å². The highest BCUT2D eigenvalue weighted by atomic mass is 16.2. The maximum absolute atomic E-state index is 13.3. The normalized spacial score (nSPS) is 17.9. The molecule has 1 spiro atoms. The van der Waals surface area contributed by atoms with E-state index in [0.29, 0.717) is 24.2 Å². The Hall–Kier alpha value is -3.91. The Morgan fingerprint density at radius 3 is 2.23 bits per heavy atom. The first-order valence-electron chi connectivity index (χ1n) is 14.3. The molecule has 2 aliphatic heterocycles. The highest BCUT2D eigenvalue weighted by Crippen LogP contribution is 2.49. The summed E-state index contributed by atoms with van der Waals surface area (Å²) in [6.07, 6.45) is 4.87. The molecule has 0 unspecified atom stereocenters. The van der Waals surface area contributed by atoms with E-state index in [1.54, 1.807) is 19.0 Å². The molecule has 0 atom stereocenters. The average molecular weight is 540 g/mol. The van der Waals surface area contributed by atoms with Crippen molar-refractivity contribution in [2.24, 2.45) is 0 Å². The minimum atomic E-state index is -0.0610. The van der Waals surface area contributed by atoms with Gasteiger partial charge in [-0.25, -0.2) is 0 Å². The van der Waals surface area contributed by atoms with E-state index in [0.717, 1.165) is 56.7 Å². The maximum atomic E-state index is 13.3. The molecule has 3 aromatic rings. The molecule has 2 fully saturated rings. The topological polar surface area (TPSA) is 77.9 Å². The Kier molecular flexibility index (Phi) is 6.96. The van der Waals surface area contributed by atoms with Crippen molar-refractivity contribution in [1.29, 1.82) is 0 Å². The molecular formula is C32H37N5O3. The van der Waals surface area contributed by atoms with Crippen LogP contribution in [0.15, 0.2) is 60.7 Å². The zero-order chi connectivity index (χ0) is 27.9. The number of fused-ring (bicyclic) bond motifs is 2. The third-order valence-corrected chi connectivity index (χ3v) is 8.82. The number of carbonyl (C=O) groups excluding carboxylic acids is 3. The zero-order valence-electron chi connectivity index (χ0n) is 23.4. The fraction of sp³-hybridized carbons (Fsp3) is 0.406. The molecule has 3 heterocycles. The van der Waals surface area contributed by atoms with Gasteiger partial charge in [0.05, 0.1) is 5.54 Å². The van der Waals surface area contributed by atoms with Crippen LogP contribution in [-0.2, 0) is 30.0 Å². The second kappa shape index (κ2) is 10.6. The van der Waals surface area contributed by atoms with Crippen LogP contribution in [0.25, 0.3) is 0 Å². The van der Waals surface area contributed by atoms with Crippen molar-refractivity contribution in [1.82, 2.24) is 19.7 Å². The molecule has 40 heavy (non-hydrogen) atoms. The van der Waals surface area contributed by atoms with Crippen LogP contribution in [0.2, 0.25) is 0 Å². The number of hydrogen-bond donors (Lipinski definition) is 1. The van der Waals surface area contributed by atoms with Gasteiger partial charge in [-0.15, -0.1) is 0 Å². The van der Waals surface area contributed by atoms with Gasteiger partial charge in [0.1, 0.15) is 5.69 Å². The van der Waals surface area contributed by atoms with Gasteiger partial charge < -0.3 is 19.7 Å². The first kappa shape index (κ1) is 26.3. The van der Waals surface area contributed by atoms with Gasteiger partial charge in [-0.2, -0.15) is 0 Å². The summed E-state index contributed by atoms with van der Waals surface area (Å²) in [6.45, 7) is 3.68. The maximum Gasteiger partial charge on any atom is 0.268 e. The summed E-state index contributed by atoms with van der Waals surface area (Å²) in [4.78, 5) is 43.5. The summed E-state index contributed by atoms with van der Waals surface area (Å²) in [5.41, 5.74) is 5.73. The number of amides is 3. The summed E-state index contributed by atoms with van der Waals surface area (Å²) < 4.78 is 2.21. The van der Waals surface area contributed by atoms with Crippen LogP contribution in [0.5, 0.6) is 0 Å². The standard InChI is InChI=1S/C32H37N5O3/c1-34(2)31(40)25-10-6-24(7-11-25)22-35-19-20-37-27(14-15-28(37)32(35)16-4-17-32)30(39)33-21-23-8-12-26(13-9-23)36-18-3-5-29(36)38/h6-15H,3-5,16-22H2,1-2H3,(H,33,39). The molecular weight excluding hydrogens is 502 g/mol. The second-order valence-corrected chi connectivity index (χ2v) is 11.5. The highest BCUT2D eigenvalue weighted by Gasteiger charge is 2.48. The molecule has 208 valence electrons. The number of carbonyl (C=O) groups is 3. The van der Waals surface area contributed by atoms with E-state index in [2.05, 4.69) is 33.0 Å². The van der Waals surface area contributed by atoms with Crippen molar-refractivity contribution in [3.05, 3.63) is 88.7 Å². The third kappa shape index (κ3) is 4.70. The van der Waals surface area contributed by atoms with E-state index in [-0.39, 0.29) is 23.3 Å². The number of nitrogens with zero attached hydrogens (tertiary/aromatic N) is 4. The lowest BCUT2D eigenvalue weighted by Crippen LogP contribution is -2.56. The first-order chi connectivity index (χ1) is 19.4. The second-order valence-electron chi connectivity index (χ2n) is 11.5. The van der Waals surface area contributed by atoms with Gasteiger partial charge in [0.25, 0.3) is 11.8 Å². The molecule has 3 amide bonds. The van der Waals surface area contributed by atoms with Crippen molar-refractivity contribution in [3.63, 3.8) is 0 Å². The molecule has 8 heteroatoms. The number of rotatable bonds is 7. The molecule has 1 aliphatic carbocycles. The van der Waals surface area contributed by atoms with Crippen molar-refractivity contribution < 1.29 is 14.4 Å². The Bertz CT molecular complexity index is 1420. The smallest absolute Gasteiger partial charge is 0.268 e. The van der Waals surface area contributed by atoms with E-state index in [1.807, 2.05) is 47.4 Å². The molecule has 0 bridgehead atoms. The zero-order valence-corrected chi connectivity index (χ0v) is 23.4. The van der Waals surface area contributed by atoms with Gasteiger partial charge in [0.2, 0.25) is 5.91 Å². The van der Waals surface area contributed by atoms with Gasteiger partial charge in [0, 0.05) is 70.2 Å². The van der Waals surface area contributed by atoms with E-state index < -0.39 is 0 Å². The van der Waals surface area contributed by atoms with Crippen molar-refractivity contribution in [2.45, 2.75) is 57.3 Å². The predicted molar refractivity (Wildman–Crippen MR) is 154 cm³/mol. The number of nitrogens with one attached hydrogen (secondary N) is 1. The monoisotopic (exact) mass is 539 g/mol. The summed E-state index contributed by atoms with van der Waals surface area (Å²) in [6, 6.07) is 20.0. The SMILES string of the molecule is CN(C)C(=O)c1ccc(CN2CCn3c(C(=O)NCc4ccc(N5CCCC5=O)cc4)ccc3C23CCC3)cc1. The van der Waals surface area contributed by atoms with Crippen molar-refractivity contribution in [3.8, 4) is 0 Å². The number of hydrogen-bond acceptors (Lipinski definition) is 4. The molecule has 2 aromatic carbocycles. The van der Waals surface area contributed by atoms with Crippen LogP contribution < -0.4 is 10.2 Å². The fourth-order valence-electron chi connectivity index (χ4n) is 6.44. The summed E-state index contributed by atoms with van der Waals surface area (Å²) >= 11 is 0. The fourth-order valence-corrected chi connectivity index (χ4v) is 6.44. The van der Waals surface area contributed by atoms with Gasteiger partial charge in [-0.3, -0.25) is 19.3 Å². The van der Waals surface area contributed by atoms with Crippen LogP contribution >= 0.6 is 0 Å². The molecule has 1 saturated heterocycles. The molecule has 1 saturated carbocycles. The first-order valence-corrected chi connectivity index (χ1v) is 14.3. The largest absolute Gasteiger partial charge is 0.347 e. The molecule has 3 aliphatic rings. The van der Waals surface area contributed by atoms with Crippen LogP contribution in [-0.4, -0.2) is 59.3 Å².